The fourth-order valence-corrected chi connectivity index (χ4v) is 2.76. The van der Waals surface area contributed by atoms with Gasteiger partial charge in [0.2, 0.25) is 0 Å². The molecule has 0 amide bonds. The van der Waals surface area contributed by atoms with Gasteiger partial charge in [-0.2, -0.15) is 0 Å². The molecule has 0 aliphatic heterocycles. The van der Waals surface area contributed by atoms with Gasteiger partial charge >= 0.3 is 5.97 Å². The average molecular weight is 355 g/mol. The first-order valence-electron chi connectivity index (χ1n) is 8.77. The number of aromatic hydroxyl groups is 1. The van der Waals surface area contributed by atoms with Gasteiger partial charge in [0.05, 0.1) is 24.0 Å². The quantitative estimate of drug-likeness (QED) is 0.562. The van der Waals surface area contributed by atoms with Gasteiger partial charge in [0.25, 0.3) is 0 Å². The topological polar surface area (TPSA) is 58.6 Å². The Labute approximate surface area is 156 Å². The van der Waals surface area contributed by atoms with Gasteiger partial charge in [0.1, 0.15) is 5.75 Å². The Balaban J connectivity index is 2.62. The molecule has 0 heterocycles. The molecule has 0 atom stereocenters. The number of rotatable bonds is 3. The average Bonchev–Trinajstić information content (AvgIpc) is 2.54. The predicted molar refractivity (Wildman–Crippen MR) is 107 cm³/mol. The number of para-hydroxylation sites is 1. The van der Waals surface area contributed by atoms with Crippen LogP contribution in [0.25, 0.3) is 0 Å². The van der Waals surface area contributed by atoms with E-state index in [1.54, 1.807) is 18.2 Å². The van der Waals surface area contributed by atoms with Crippen molar-refractivity contribution in [1.29, 1.82) is 0 Å². The lowest BCUT2D eigenvalue weighted by molar-refractivity contribution is 0.0602. The van der Waals surface area contributed by atoms with Crippen molar-refractivity contribution in [1.82, 2.24) is 0 Å². The molecule has 0 fully saturated rings. The lowest BCUT2D eigenvalue weighted by Gasteiger charge is -2.28. The molecule has 0 aromatic heterocycles. The van der Waals surface area contributed by atoms with E-state index in [0.717, 1.165) is 11.1 Å². The number of hydrogen-bond donors (Lipinski definition) is 2. The van der Waals surface area contributed by atoms with E-state index in [2.05, 4.69) is 52.9 Å². The first kappa shape index (κ1) is 19.8. The fourth-order valence-electron chi connectivity index (χ4n) is 2.76. The normalized spacial score (nSPS) is 12.0. The summed E-state index contributed by atoms with van der Waals surface area (Å²) in [6.07, 6.45) is 0. The van der Waals surface area contributed by atoms with E-state index in [0.29, 0.717) is 16.9 Å². The van der Waals surface area contributed by atoms with Crippen molar-refractivity contribution in [2.75, 3.05) is 12.4 Å². The third-order valence-electron chi connectivity index (χ3n) is 4.39. The number of carbonyl (C=O) groups is 1. The zero-order chi connectivity index (χ0) is 19.7. The molecular formula is C22H29NO3. The third kappa shape index (κ3) is 4.18. The van der Waals surface area contributed by atoms with Crippen LogP contribution in [0.1, 0.15) is 63.0 Å². The first-order valence-corrected chi connectivity index (χ1v) is 8.77. The van der Waals surface area contributed by atoms with Crippen LogP contribution in [0.4, 0.5) is 11.4 Å². The molecule has 0 bridgehead atoms. The molecule has 0 spiro atoms. The predicted octanol–water partition coefficient (Wildman–Crippen LogP) is 5.52. The summed E-state index contributed by atoms with van der Waals surface area (Å²) in [5, 5.41) is 14.1. The van der Waals surface area contributed by atoms with E-state index in [1.165, 1.54) is 7.11 Å². The van der Waals surface area contributed by atoms with E-state index in [1.807, 2.05) is 12.1 Å². The van der Waals surface area contributed by atoms with Gasteiger partial charge in [-0.15, -0.1) is 0 Å². The second-order valence-electron chi connectivity index (χ2n) is 8.58. The molecule has 0 aliphatic carbocycles. The Hall–Kier alpha value is -2.49. The summed E-state index contributed by atoms with van der Waals surface area (Å²) in [5.74, 6) is -0.222. The molecule has 26 heavy (non-hydrogen) atoms. The minimum absolute atomic E-state index is 0.0774. The van der Waals surface area contributed by atoms with Gasteiger partial charge in [0, 0.05) is 5.56 Å². The van der Waals surface area contributed by atoms with Gasteiger partial charge in [0.15, 0.2) is 0 Å². The van der Waals surface area contributed by atoms with Crippen LogP contribution in [-0.2, 0) is 15.6 Å². The number of benzene rings is 2. The van der Waals surface area contributed by atoms with Crippen LogP contribution < -0.4 is 5.32 Å². The molecule has 0 unspecified atom stereocenters. The molecule has 2 aromatic carbocycles. The molecule has 2 rings (SSSR count). The maximum atomic E-state index is 12.0. The Bertz CT molecular complexity index is 811. The van der Waals surface area contributed by atoms with Crippen molar-refractivity contribution in [3.05, 3.63) is 53.1 Å². The largest absolute Gasteiger partial charge is 0.505 e. The number of phenolic OH excluding ortho intramolecular Hbond substituents is 1. The van der Waals surface area contributed by atoms with Crippen LogP contribution in [0.15, 0.2) is 36.4 Å². The summed E-state index contributed by atoms with van der Waals surface area (Å²) in [4.78, 5) is 12.0. The standard InChI is InChI=1S/C22H29NO3/c1-21(2,3)14-12-16(22(4,5)6)19(24)18(13-14)23-17-11-9-8-10-15(17)20(25)26-7/h8-13,23-24H,1-7H3. The van der Waals surface area contributed by atoms with Crippen molar-refractivity contribution >= 4 is 17.3 Å². The van der Waals surface area contributed by atoms with Gasteiger partial charge in [-0.25, -0.2) is 4.79 Å². The highest BCUT2D eigenvalue weighted by molar-refractivity contribution is 5.96. The fraction of sp³-hybridized carbons (Fsp3) is 0.409. The summed E-state index contributed by atoms with van der Waals surface area (Å²) >= 11 is 0. The first-order chi connectivity index (χ1) is 11.9. The number of phenols is 1. The van der Waals surface area contributed by atoms with Crippen LogP contribution in [-0.4, -0.2) is 18.2 Å². The number of hydrogen-bond acceptors (Lipinski definition) is 4. The molecule has 0 saturated heterocycles. The van der Waals surface area contributed by atoms with E-state index in [9.17, 15) is 9.90 Å². The molecule has 4 heteroatoms. The Morgan fingerprint density at radius 1 is 0.962 bits per heavy atom. The molecule has 140 valence electrons. The number of ether oxygens (including phenoxy) is 1. The number of carbonyl (C=O) groups excluding carboxylic acids is 1. The SMILES string of the molecule is COC(=O)c1ccccc1Nc1cc(C(C)(C)C)cc(C(C)(C)C)c1O. The zero-order valence-corrected chi connectivity index (χ0v) is 16.7. The molecule has 0 radical (unpaired) electrons. The van der Waals surface area contributed by atoms with Crippen LogP contribution in [0.3, 0.4) is 0 Å². The summed E-state index contributed by atoms with van der Waals surface area (Å²) in [7, 11) is 1.36. The highest BCUT2D eigenvalue weighted by Gasteiger charge is 2.25. The molecule has 0 aliphatic rings. The summed E-state index contributed by atoms with van der Waals surface area (Å²) in [5.41, 5.74) is 3.28. The minimum atomic E-state index is -0.421. The minimum Gasteiger partial charge on any atom is -0.505 e. The molecule has 4 nitrogen and oxygen atoms in total. The van der Waals surface area contributed by atoms with E-state index >= 15 is 0 Å². The van der Waals surface area contributed by atoms with E-state index in [4.69, 9.17) is 4.74 Å². The van der Waals surface area contributed by atoms with Crippen LogP contribution in [0.5, 0.6) is 5.75 Å². The Kier molecular flexibility index (Phi) is 5.36. The van der Waals surface area contributed by atoms with E-state index in [-0.39, 0.29) is 16.6 Å². The maximum absolute atomic E-state index is 12.0. The molecule has 0 saturated carbocycles. The zero-order valence-electron chi connectivity index (χ0n) is 16.7. The van der Waals surface area contributed by atoms with Gasteiger partial charge in [-0.3, -0.25) is 0 Å². The summed E-state index contributed by atoms with van der Waals surface area (Å²) in [6.45, 7) is 12.6. The highest BCUT2D eigenvalue weighted by Crippen LogP contribution is 2.41. The van der Waals surface area contributed by atoms with Gasteiger partial charge < -0.3 is 15.2 Å². The van der Waals surface area contributed by atoms with Gasteiger partial charge in [-0.1, -0.05) is 59.7 Å². The monoisotopic (exact) mass is 355 g/mol. The molecular weight excluding hydrogens is 326 g/mol. The third-order valence-corrected chi connectivity index (χ3v) is 4.39. The number of nitrogens with one attached hydrogen (secondary N) is 1. The number of esters is 1. The molecule has 2 N–H and O–H groups in total. The van der Waals surface area contributed by atoms with Crippen molar-refractivity contribution in [2.24, 2.45) is 0 Å². The lowest BCUT2D eigenvalue weighted by atomic mass is 9.79. The smallest absolute Gasteiger partial charge is 0.339 e. The van der Waals surface area contributed by atoms with Crippen molar-refractivity contribution in [2.45, 2.75) is 52.4 Å². The van der Waals surface area contributed by atoms with Crippen LogP contribution in [0.2, 0.25) is 0 Å². The highest BCUT2D eigenvalue weighted by atomic mass is 16.5. The number of anilines is 2. The van der Waals surface area contributed by atoms with Crippen LogP contribution >= 0.6 is 0 Å². The van der Waals surface area contributed by atoms with Crippen LogP contribution in [0, 0.1) is 0 Å². The van der Waals surface area contributed by atoms with Crippen molar-refractivity contribution in [3.63, 3.8) is 0 Å². The Morgan fingerprint density at radius 3 is 2.12 bits per heavy atom. The number of methoxy groups -OCH3 is 1. The summed E-state index contributed by atoms with van der Waals surface area (Å²) in [6, 6.07) is 11.1. The van der Waals surface area contributed by atoms with Gasteiger partial charge in [-0.05, 0) is 34.6 Å². The Morgan fingerprint density at radius 2 is 1.58 bits per heavy atom. The van der Waals surface area contributed by atoms with Crippen molar-refractivity contribution < 1.29 is 14.6 Å². The maximum Gasteiger partial charge on any atom is 0.339 e. The summed E-state index contributed by atoms with van der Waals surface area (Å²) < 4.78 is 4.86. The lowest BCUT2D eigenvalue weighted by Crippen LogP contribution is -2.17. The van der Waals surface area contributed by atoms with Crippen molar-refractivity contribution in [3.8, 4) is 5.75 Å². The second-order valence-corrected chi connectivity index (χ2v) is 8.58. The second kappa shape index (κ2) is 7.02. The van der Waals surface area contributed by atoms with E-state index < -0.39 is 5.97 Å². The molecule has 2 aromatic rings.